The van der Waals surface area contributed by atoms with E-state index in [0.717, 1.165) is 19.4 Å². The average Bonchev–Trinajstić information content (AvgIpc) is 2.48. The van der Waals surface area contributed by atoms with Gasteiger partial charge in [-0.3, -0.25) is 9.59 Å². The first-order valence-electron chi connectivity index (χ1n) is 7.83. The highest BCUT2D eigenvalue weighted by atomic mass is 16.5. The Morgan fingerprint density at radius 3 is 2.59 bits per heavy atom. The molecule has 22 heavy (non-hydrogen) atoms. The second kappa shape index (κ2) is 7.94. The summed E-state index contributed by atoms with van der Waals surface area (Å²) in [5.74, 6) is 0.201. The Bertz CT molecular complexity index is 505. The smallest absolute Gasteiger partial charge is 0.251 e. The van der Waals surface area contributed by atoms with E-state index in [0.29, 0.717) is 30.2 Å². The number of anilines is 1. The molecule has 2 amide bonds. The Morgan fingerprint density at radius 1 is 1.27 bits per heavy atom. The summed E-state index contributed by atoms with van der Waals surface area (Å²) in [6, 6.07) is 7.05. The zero-order valence-electron chi connectivity index (χ0n) is 13.2. The third-order valence-corrected chi connectivity index (χ3v) is 3.58. The third-order valence-electron chi connectivity index (χ3n) is 3.58. The Balaban J connectivity index is 1.85. The van der Waals surface area contributed by atoms with Gasteiger partial charge < -0.3 is 15.4 Å². The number of hydrogen-bond donors (Lipinski definition) is 2. The molecule has 1 aliphatic heterocycles. The minimum Gasteiger partial charge on any atom is -0.381 e. The van der Waals surface area contributed by atoms with Crippen molar-refractivity contribution in [2.45, 2.75) is 39.2 Å². The van der Waals surface area contributed by atoms with Gasteiger partial charge in [0.1, 0.15) is 0 Å². The maximum atomic E-state index is 12.0. The van der Waals surface area contributed by atoms with Gasteiger partial charge in [0, 0.05) is 36.9 Å². The molecule has 1 aromatic carbocycles. The van der Waals surface area contributed by atoms with Gasteiger partial charge in [0.15, 0.2) is 0 Å². The first-order valence-corrected chi connectivity index (χ1v) is 7.83. The third kappa shape index (κ3) is 5.15. The topological polar surface area (TPSA) is 67.4 Å². The first-order chi connectivity index (χ1) is 10.5. The van der Waals surface area contributed by atoms with Crippen molar-refractivity contribution in [3.05, 3.63) is 29.8 Å². The van der Waals surface area contributed by atoms with Crippen LogP contribution in [0.1, 0.15) is 43.5 Å². The normalized spacial score (nSPS) is 18.0. The molecule has 0 bridgehead atoms. The highest BCUT2D eigenvalue weighted by Crippen LogP contribution is 2.18. The second-order valence-electron chi connectivity index (χ2n) is 6.04. The van der Waals surface area contributed by atoms with Crippen molar-refractivity contribution >= 4 is 17.5 Å². The molecule has 0 radical (unpaired) electrons. The number of amides is 2. The second-order valence-corrected chi connectivity index (χ2v) is 6.04. The van der Waals surface area contributed by atoms with E-state index in [1.807, 2.05) is 13.8 Å². The van der Waals surface area contributed by atoms with E-state index in [-0.39, 0.29) is 17.9 Å². The lowest BCUT2D eigenvalue weighted by atomic mass is 9.98. The van der Waals surface area contributed by atoms with Crippen LogP contribution in [-0.2, 0) is 9.53 Å². The van der Waals surface area contributed by atoms with Crippen LogP contribution in [0.3, 0.4) is 0 Å². The summed E-state index contributed by atoms with van der Waals surface area (Å²) in [4.78, 5) is 23.8. The zero-order chi connectivity index (χ0) is 15.9. The van der Waals surface area contributed by atoms with Gasteiger partial charge in [-0.1, -0.05) is 0 Å². The maximum Gasteiger partial charge on any atom is 0.251 e. The van der Waals surface area contributed by atoms with E-state index >= 15 is 0 Å². The predicted molar refractivity (Wildman–Crippen MR) is 85.8 cm³/mol. The average molecular weight is 304 g/mol. The molecule has 1 aliphatic rings. The molecule has 5 heteroatoms. The highest BCUT2D eigenvalue weighted by Gasteiger charge is 2.17. The molecule has 1 saturated heterocycles. The van der Waals surface area contributed by atoms with Crippen molar-refractivity contribution in [2.75, 3.05) is 18.5 Å². The molecule has 1 fully saturated rings. The van der Waals surface area contributed by atoms with Gasteiger partial charge in [0.25, 0.3) is 5.91 Å². The maximum absolute atomic E-state index is 12.0. The predicted octanol–water partition coefficient (Wildman–Crippen LogP) is 2.58. The molecule has 1 aromatic rings. The number of nitrogens with one attached hydrogen (secondary N) is 2. The van der Waals surface area contributed by atoms with E-state index < -0.39 is 0 Å². The Labute approximate surface area is 131 Å². The quantitative estimate of drug-likeness (QED) is 0.878. The van der Waals surface area contributed by atoms with Crippen LogP contribution in [0.4, 0.5) is 5.69 Å². The molecular formula is C17H24N2O3. The van der Waals surface area contributed by atoms with Crippen molar-refractivity contribution in [1.29, 1.82) is 0 Å². The fraction of sp³-hybridized carbons (Fsp3) is 0.529. The lowest BCUT2D eigenvalue weighted by Crippen LogP contribution is -2.30. The number of benzene rings is 1. The van der Waals surface area contributed by atoms with Crippen LogP contribution in [0.2, 0.25) is 0 Å². The molecule has 5 nitrogen and oxygen atoms in total. The molecule has 2 N–H and O–H groups in total. The van der Waals surface area contributed by atoms with E-state index in [1.165, 1.54) is 0 Å². The van der Waals surface area contributed by atoms with Crippen LogP contribution >= 0.6 is 0 Å². The fourth-order valence-corrected chi connectivity index (χ4v) is 2.49. The number of carbonyl (C=O) groups excluding carboxylic acids is 2. The first kappa shape index (κ1) is 16.5. The molecule has 1 atom stereocenters. The van der Waals surface area contributed by atoms with Gasteiger partial charge in [-0.05, 0) is 56.9 Å². The van der Waals surface area contributed by atoms with Crippen molar-refractivity contribution < 1.29 is 14.3 Å². The Morgan fingerprint density at radius 2 is 2.00 bits per heavy atom. The summed E-state index contributed by atoms with van der Waals surface area (Å²) in [5, 5.41) is 5.70. The molecule has 0 spiro atoms. The molecule has 120 valence electrons. The van der Waals surface area contributed by atoms with E-state index in [4.69, 9.17) is 4.74 Å². The summed E-state index contributed by atoms with van der Waals surface area (Å²) >= 11 is 0. The van der Waals surface area contributed by atoms with Crippen molar-refractivity contribution in [3.63, 3.8) is 0 Å². The molecule has 0 saturated carbocycles. The zero-order valence-corrected chi connectivity index (χ0v) is 13.2. The Hall–Kier alpha value is -1.88. The van der Waals surface area contributed by atoms with Gasteiger partial charge in [0.2, 0.25) is 5.91 Å². The van der Waals surface area contributed by atoms with Gasteiger partial charge >= 0.3 is 0 Å². The molecule has 1 unspecified atom stereocenters. The standard InChI is InChI=1S/C17H24N2O3/c1-12(2)18-17(21)14-5-7-15(8-6-14)19-16(20)10-13-4-3-9-22-11-13/h5-8,12-13H,3-4,9-11H2,1-2H3,(H,18,21)(H,19,20). The van der Waals surface area contributed by atoms with Crippen molar-refractivity contribution in [3.8, 4) is 0 Å². The van der Waals surface area contributed by atoms with Crippen molar-refractivity contribution in [2.24, 2.45) is 5.92 Å². The van der Waals surface area contributed by atoms with Gasteiger partial charge in [-0.25, -0.2) is 0 Å². The van der Waals surface area contributed by atoms with Crippen LogP contribution in [0.15, 0.2) is 24.3 Å². The Kier molecular flexibility index (Phi) is 5.95. The molecule has 0 aliphatic carbocycles. The van der Waals surface area contributed by atoms with E-state index in [2.05, 4.69) is 10.6 Å². The van der Waals surface area contributed by atoms with Crippen LogP contribution in [0.25, 0.3) is 0 Å². The fourth-order valence-electron chi connectivity index (χ4n) is 2.49. The van der Waals surface area contributed by atoms with E-state index in [1.54, 1.807) is 24.3 Å². The van der Waals surface area contributed by atoms with Crippen molar-refractivity contribution in [1.82, 2.24) is 5.32 Å². The van der Waals surface area contributed by atoms with E-state index in [9.17, 15) is 9.59 Å². The minimum atomic E-state index is -0.104. The largest absolute Gasteiger partial charge is 0.381 e. The molecule has 1 heterocycles. The summed E-state index contributed by atoms with van der Waals surface area (Å²) in [6.45, 7) is 5.31. The molecule has 2 rings (SSSR count). The monoisotopic (exact) mass is 304 g/mol. The summed E-state index contributed by atoms with van der Waals surface area (Å²) < 4.78 is 5.38. The van der Waals surface area contributed by atoms with Gasteiger partial charge in [0.05, 0.1) is 0 Å². The summed E-state index contributed by atoms with van der Waals surface area (Å²) in [6.07, 6.45) is 2.55. The van der Waals surface area contributed by atoms with Gasteiger partial charge in [-0.2, -0.15) is 0 Å². The molecule has 0 aromatic heterocycles. The van der Waals surface area contributed by atoms with Crippen LogP contribution in [0.5, 0.6) is 0 Å². The number of ether oxygens (including phenoxy) is 1. The number of rotatable bonds is 5. The minimum absolute atomic E-state index is 0.00474. The van der Waals surface area contributed by atoms with Gasteiger partial charge in [-0.15, -0.1) is 0 Å². The van der Waals surface area contributed by atoms with Crippen LogP contribution < -0.4 is 10.6 Å². The lowest BCUT2D eigenvalue weighted by molar-refractivity contribution is -0.118. The van der Waals surface area contributed by atoms with Crippen LogP contribution in [0, 0.1) is 5.92 Å². The lowest BCUT2D eigenvalue weighted by Gasteiger charge is -2.21. The number of hydrogen-bond acceptors (Lipinski definition) is 3. The SMILES string of the molecule is CC(C)NC(=O)c1ccc(NC(=O)CC2CCCOC2)cc1. The molecular weight excluding hydrogens is 280 g/mol. The van der Waals surface area contributed by atoms with Crippen LogP contribution in [-0.4, -0.2) is 31.1 Å². The summed E-state index contributed by atoms with van der Waals surface area (Å²) in [5.41, 5.74) is 1.30. The number of carbonyl (C=O) groups is 2. The summed E-state index contributed by atoms with van der Waals surface area (Å²) in [7, 11) is 0. The highest BCUT2D eigenvalue weighted by molar-refractivity contribution is 5.95.